The summed E-state index contributed by atoms with van der Waals surface area (Å²) in [4.78, 5) is 11.4. The van der Waals surface area contributed by atoms with Gasteiger partial charge in [-0.2, -0.15) is 11.8 Å². The van der Waals surface area contributed by atoms with Gasteiger partial charge in [0, 0.05) is 18.1 Å². The molecule has 0 aromatic rings. The number of rotatable bonds is 19. The van der Waals surface area contributed by atoms with Crippen LogP contribution in [0.5, 0.6) is 0 Å². The Hall–Kier alpha value is -0.420. The Bertz CT molecular complexity index is 278. The Morgan fingerprint density at radius 3 is 1.88 bits per heavy atom. The molecular weight excluding hydrogens is 334 g/mol. The van der Waals surface area contributed by atoms with E-state index in [2.05, 4.69) is 12.2 Å². The normalized spacial score (nSPS) is 10.8. The van der Waals surface area contributed by atoms with Crippen molar-refractivity contribution in [1.29, 1.82) is 0 Å². The topological polar surface area (TPSA) is 58.6 Å². The average Bonchev–Trinajstić information content (AvgIpc) is 2.62. The number of carbonyl (C=O) groups is 1. The van der Waals surface area contributed by atoms with Crippen LogP contribution < -0.4 is 5.32 Å². The van der Waals surface area contributed by atoms with Crippen LogP contribution in [0.2, 0.25) is 0 Å². The molecule has 5 heteroatoms. The zero-order valence-corrected chi connectivity index (χ0v) is 17.2. The van der Waals surface area contributed by atoms with Crippen molar-refractivity contribution in [2.75, 3.05) is 31.3 Å². The summed E-state index contributed by atoms with van der Waals surface area (Å²) >= 11 is 1.59. The summed E-state index contributed by atoms with van der Waals surface area (Å²) in [6.07, 6.45) is 17.0. The first kappa shape index (κ1) is 24.6. The number of ether oxygens (including phenoxy) is 1. The maximum atomic E-state index is 11.4. The van der Waals surface area contributed by atoms with Gasteiger partial charge in [0.25, 0.3) is 0 Å². The molecular formula is C20H41NO3S. The Balaban J connectivity index is 3.09. The maximum Gasteiger partial charge on any atom is 0.407 e. The van der Waals surface area contributed by atoms with Gasteiger partial charge in [-0.15, -0.1) is 0 Å². The Morgan fingerprint density at radius 2 is 1.36 bits per heavy atom. The zero-order valence-electron chi connectivity index (χ0n) is 16.4. The molecule has 0 aromatic heterocycles. The summed E-state index contributed by atoms with van der Waals surface area (Å²) < 4.78 is 5.05. The highest BCUT2D eigenvalue weighted by Crippen LogP contribution is 2.12. The molecule has 0 aliphatic carbocycles. The van der Waals surface area contributed by atoms with Crippen molar-refractivity contribution in [3.63, 3.8) is 0 Å². The van der Waals surface area contributed by atoms with Gasteiger partial charge in [-0.1, -0.05) is 84.0 Å². The Labute approximate surface area is 159 Å². The SMILES string of the molecule is CCCCCCCCCCCCCCCNC(=O)OCCSCCO. The molecule has 0 aromatic carbocycles. The van der Waals surface area contributed by atoms with Crippen LogP contribution in [0, 0.1) is 0 Å². The maximum absolute atomic E-state index is 11.4. The number of hydrogen-bond donors (Lipinski definition) is 2. The fraction of sp³-hybridized carbons (Fsp3) is 0.950. The number of aliphatic hydroxyl groups excluding tert-OH is 1. The van der Waals surface area contributed by atoms with E-state index in [0.29, 0.717) is 18.9 Å². The van der Waals surface area contributed by atoms with Crippen molar-refractivity contribution in [2.45, 2.75) is 90.4 Å². The van der Waals surface area contributed by atoms with Crippen molar-refractivity contribution >= 4 is 17.9 Å². The van der Waals surface area contributed by atoms with Crippen LogP contribution in [0.1, 0.15) is 90.4 Å². The number of amides is 1. The molecule has 0 fully saturated rings. The molecule has 0 bridgehead atoms. The predicted octanol–water partition coefficient (Wildman–Crippen LogP) is 5.53. The lowest BCUT2D eigenvalue weighted by molar-refractivity contribution is 0.153. The number of thioether (sulfide) groups is 1. The molecule has 0 heterocycles. The monoisotopic (exact) mass is 375 g/mol. The van der Waals surface area contributed by atoms with Crippen LogP contribution in [0.4, 0.5) is 4.79 Å². The van der Waals surface area contributed by atoms with Crippen molar-refractivity contribution in [1.82, 2.24) is 5.32 Å². The summed E-state index contributed by atoms with van der Waals surface area (Å²) in [6.45, 7) is 3.56. The molecule has 150 valence electrons. The quantitative estimate of drug-likeness (QED) is 0.291. The molecule has 0 spiro atoms. The number of aliphatic hydroxyl groups is 1. The van der Waals surface area contributed by atoms with Crippen LogP contribution in [-0.2, 0) is 4.74 Å². The largest absolute Gasteiger partial charge is 0.449 e. The fourth-order valence-corrected chi connectivity index (χ4v) is 3.28. The van der Waals surface area contributed by atoms with E-state index in [0.717, 1.165) is 12.2 Å². The summed E-state index contributed by atoms with van der Waals surface area (Å²) in [5, 5.41) is 11.4. The standard InChI is InChI=1S/C20H41NO3S/c1-2-3-4-5-6-7-8-9-10-11-12-13-14-15-21-20(23)24-17-19-25-18-16-22/h22H,2-19H2,1H3,(H,21,23). The van der Waals surface area contributed by atoms with Crippen LogP contribution in [0.25, 0.3) is 0 Å². The first-order chi connectivity index (χ1) is 12.3. The average molecular weight is 376 g/mol. The van der Waals surface area contributed by atoms with E-state index < -0.39 is 0 Å². The second-order valence-corrected chi connectivity index (χ2v) is 7.87. The van der Waals surface area contributed by atoms with E-state index in [4.69, 9.17) is 9.84 Å². The van der Waals surface area contributed by atoms with Crippen LogP contribution >= 0.6 is 11.8 Å². The molecule has 4 nitrogen and oxygen atoms in total. The third kappa shape index (κ3) is 21.5. The lowest BCUT2D eigenvalue weighted by Crippen LogP contribution is -2.26. The lowest BCUT2D eigenvalue weighted by Gasteiger charge is -2.07. The van der Waals surface area contributed by atoms with E-state index in [9.17, 15) is 4.79 Å². The Kier molecular flexibility index (Phi) is 21.3. The van der Waals surface area contributed by atoms with Gasteiger partial charge in [-0.05, 0) is 6.42 Å². The Morgan fingerprint density at radius 1 is 0.840 bits per heavy atom. The number of hydrogen-bond acceptors (Lipinski definition) is 4. The second kappa shape index (κ2) is 21.6. The first-order valence-corrected chi connectivity index (χ1v) is 11.6. The molecule has 25 heavy (non-hydrogen) atoms. The van der Waals surface area contributed by atoms with E-state index in [-0.39, 0.29) is 12.7 Å². The number of carbonyl (C=O) groups excluding carboxylic acids is 1. The molecule has 0 aliphatic rings. The first-order valence-electron chi connectivity index (χ1n) is 10.4. The highest BCUT2D eigenvalue weighted by atomic mass is 32.2. The minimum Gasteiger partial charge on any atom is -0.449 e. The lowest BCUT2D eigenvalue weighted by atomic mass is 10.0. The number of unbranched alkanes of at least 4 members (excludes halogenated alkanes) is 12. The van der Waals surface area contributed by atoms with Gasteiger partial charge in [-0.3, -0.25) is 0 Å². The third-order valence-electron chi connectivity index (χ3n) is 4.25. The summed E-state index contributed by atoms with van der Waals surface area (Å²) in [5.74, 6) is 1.44. The smallest absolute Gasteiger partial charge is 0.407 e. The predicted molar refractivity (Wildman–Crippen MR) is 109 cm³/mol. The van der Waals surface area contributed by atoms with Gasteiger partial charge in [0.2, 0.25) is 0 Å². The minimum atomic E-state index is -0.316. The van der Waals surface area contributed by atoms with E-state index in [1.807, 2.05) is 0 Å². The number of nitrogens with one attached hydrogen (secondary N) is 1. The van der Waals surface area contributed by atoms with Crippen LogP contribution in [0.3, 0.4) is 0 Å². The van der Waals surface area contributed by atoms with Crippen molar-refractivity contribution in [3.8, 4) is 0 Å². The van der Waals surface area contributed by atoms with Crippen LogP contribution in [0.15, 0.2) is 0 Å². The van der Waals surface area contributed by atoms with E-state index in [1.54, 1.807) is 11.8 Å². The summed E-state index contributed by atoms with van der Waals surface area (Å²) in [7, 11) is 0. The molecule has 0 saturated heterocycles. The van der Waals surface area contributed by atoms with E-state index >= 15 is 0 Å². The molecule has 0 rings (SSSR count). The second-order valence-electron chi connectivity index (χ2n) is 6.64. The molecule has 0 aliphatic heterocycles. The highest BCUT2D eigenvalue weighted by Gasteiger charge is 2.00. The van der Waals surface area contributed by atoms with Crippen molar-refractivity contribution in [3.05, 3.63) is 0 Å². The third-order valence-corrected chi connectivity index (χ3v) is 5.17. The molecule has 0 radical (unpaired) electrons. The summed E-state index contributed by atoms with van der Waals surface area (Å²) in [5.41, 5.74) is 0. The molecule has 0 saturated carbocycles. The highest BCUT2D eigenvalue weighted by molar-refractivity contribution is 7.99. The molecule has 1 amide bonds. The minimum absolute atomic E-state index is 0.176. The van der Waals surface area contributed by atoms with Gasteiger partial charge in [0.05, 0.1) is 6.61 Å². The van der Waals surface area contributed by atoms with E-state index in [1.165, 1.54) is 77.0 Å². The molecule has 0 unspecified atom stereocenters. The van der Waals surface area contributed by atoms with Gasteiger partial charge in [0.15, 0.2) is 0 Å². The van der Waals surface area contributed by atoms with Gasteiger partial charge < -0.3 is 15.2 Å². The fourth-order valence-electron chi connectivity index (χ4n) is 2.74. The van der Waals surface area contributed by atoms with Crippen molar-refractivity contribution in [2.24, 2.45) is 0 Å². The van der Waals surface area contributed by atoms with Crippen LogP contribution in [-0.4, -0.2) is 42.5 Å². The molecule has 2 N–H and O–H groups in total. The number of alkyl carbamates (subject to hydrolysis) is 1. The van der Waals surface area contributed by atoms with Crippen molar-refractivity contribution < 1.29 is 14.6 Å². The van der Waals surface area contributed by atoms with Gasteiger partial charge in [-0.25, -0.2) is 4.79 Å². The van der Waals surface area contributed by atoms with Gasteiger partial charge >= 0.3 is 6.09 Å². The zero-order chi connectivity index (χ0) is 18.4. The summed E-state index contributed by atoms with van der Waals surface area (Å²) in [6, 6.07) is 0. The van der Waals surface area contributed by atoms with Gasteiger partial charge in [0.1, 0.15) is 6.61 Å². The molecule has 0 atom stereocenters.